The van der Waals surface area contributed by atoms with E-state index in [1.54, 1.807) is 13.2 Å². The predicted molar refractivity (Wildman–Crippen MR) is 76.4 cm³/mol. The molecule has 0 saturated heterocycles. The third-order valence-corrected chi connectivity index (χ3v) is 3.17. The van der Waals surface area contributed by atoms with Crippen LogP contribution in [0.3, 0.4) is 0 Å². The largest absolute Gasteiger partial charge is 0.497 e. The second-order valence-corrected chi connectivity index (χ2v) is 4.64. The Balaban J connectivity index is 1.78. The van der Waals surface area contributed by atoms with Gasteiger partial charge in [-0.05, 0) is 31.4 Å². The quantitative estimate of drug-likeness (QED) is 0.799. The molecule has 0 bridgehead atoms. The number of ether oxygens (including phenoxy) is 1. The Morgan fingerprint density at radius 2 is 2.32 bits per heavy atom. The van der Waals surface area contributed by atoms with Crippen molar-refractivity contribution < 1.29 is 9.53 Å². The molecule has 0 radical (unpaired) electrons. The Labute approximate surface area is 113 Å². The van der Waals surface area contributed by atoms with Gasteiger partial charge in [-0.3, -0.25) is 4.79 Å². The van der Waals surface area contributed by atoms with E-state index in [0.29, 0.717) is 12.6 Å². The Morgan fingerprint density at radius 3 is 3.05 bits per heavy atom. The molecule has 0 saturated carbocycles. The van der Waals surface area contributed by atoms with Crippen LogP contribution in [0.5, 0.6) is 5.75 Å². The zero-order valence-corrected chi connectivity index (χ0v) is 11.2. The van der Waals surface area contributed by atoms with Gasteiger partial charge >= 0.3 is 0 Å². The zero-order chi connectivity index (χ0) is 13.5. The third-order valence-electron chi connectivity index (χ3n) is 3.17. The fraction of sp³-hybridized carbons (Fsp3) is 0.400. The molecule has 1 atom stereocenters. The first-order chi connectivity index (χ1) is 9.28. The SMILES string of the molecule is COc1cccc(NC(=O)CNC2CC=CCC2)c1. The van der Waals surface area contributed by atoms with Gasteiger partial charge in [0.15, 0.2) is 0 Å². The number of nitrogens with one attached hydrogen (secondary N) is 2. The van der Waals surface area contributed by atoms with Gasteiger partial charge in [0.2, 0.25) is 5.91 Å². The molecule has 1 unspecified atom stereocenters. The number of rotatable bonds is 5. The number of benzene rings is 1. The minimum atomic E-state index is -0.0252. The van der Waals surface area contributed by atoms with Crippen LogP contribution in [0.15, 0.2) is 36.4 Å². The molecule has 102 valence electrons. The van der Waals surface area contributed by atoms with E-state index in [1.165, 1.54) is 0 Å². The summed E-state index contributed by atoms with van der Waals surface area (Å²) >= 11 is 0. The molecule has 1 aromatic carbocycles. The molecule has 4 heteroatoms. The fourth-order valence-corrected chi connectivity index (χ4v) is 2.12. The van der Waals surface area contributed by atoms with E-state index in [-0.39, 0.29) is 5.91 Å². The van der Waals surface area contributed by atoms with Gasteiger partial charge in [0.1, 0.15) is 5.75 Å². The van der Waals surface area contributed by atoms with Crippen LogP contribution in [-0.4, -0.2) is 25.6 Å². The van der Waals surface area contributed by atoms with Crippen molar-refractivity contribution >= 4 is 11.6 Å². The van der Waals surface area contributed by atoms with Crippen molar-refractivity contribution in [3.8, 4) is 5.75 Å². The van der Waals surface area contributed by atoms with Gasteiger partial charge < -0.3 is 15.4 Å². The maximum absolute atomic E-state index is 11.8. The minimum Gasteiger partial charge on any atom is -0.497 e. The molecular formula is C15H20N2O2. The third kappa shape index (κ3) is 4.41. The Hall–Kier alpha value is -1.81. The highest BCUT2D eigenvalue weighted by molar-refractivity contribution is 5.92. The van der Waals surface area contributed by atoms with E-state index in [9.17, 15) is 4.79 Å². The van der Waals surface area contributed by atoms with E-state index in [2.05, 4.69) is 22.8 Å². The van der Waals surface area contributed by atoms with Gasteiger partial charge in [-0.15, -0.1) is 0 Å². The van der Waals surface area contributed by atoms with Crippen molar-refractivity contribution in [3.63, 3.8) is 0 Å². The van der Waals surface area contributed by atoms with Crippen LogP contribution in [-0.2, 0) is 4.79 Å². The Bertz CT molecular complexity index is 457. The topological polar surface area (TPSA) is 50.4 Å². The van der Waals surface area contributed by atoms with Gasteiger partial charge in [-0.2, -0.15) is 0 Å². The normalized spacial score (nSPS) is 18.1. The van der Waals surface area contributed by atoms with Crippen molar-refractivity contribution in [2.75, 3.05) is 19.0 Å². The predicted octanol–water partition coefficient (Wildman–Crippen LogP) is 2.33. The van der Waals surface area contributed by atoms with Gasteiger partial charge in [0.25, 0.3) is 0 Å². The highest BCUT2D eigenvalue weighted by atomic mass is 16.5. The molecule has 1 aliphatic rings. The first-order valence-electron chi connectivity index (χ1n) is 6.60. The van der Waals surface area contributed by atoms with Crippen molar-refractivity contribution in [3.05, 3.63) is 36.4 Å². The average molecular weight is 260 g/mol. The van der Waals surface area contributed by atoms with E-state index >= 15 is 0 Å². The van der Waals surface area contributed by atoms with Gasteiger partial charge in [0, 0.05) is 17.8 Å². The summed E-state index contributed by atoms with van der Waals surface area (Å²) in [6.45, 7) is 0.343. The Kier molecular flexibility index (Phi) is 4.98. The summed E-state index contributed by atoms with van der Waals surface area (Å²) in [7, 11) is 1.61. The summed E-state index contributed by atoms with van der Waals surface area (Å²) in [5.41, 5.74) is 0.759. The van der Waals surface area contributed by atoms with Crippen LogP contribution in [0.25, 0.3) is 0 Å². The van der Waals surface area contributed by atoms with Crippen LogP contribution in [0, 0.1) is 0 Å². The number of anilines is 1. The zero-order valence-electron chi connectivity index (χ0n) is 11.2. The van der Waals surface area contributed by atoms with E-state index < -0.39 is 0 Å². The molecule has 0 aromatic heterocycles. The number of hydrogen-bond acceptors (Lipinski definition) is 3. The molecule has 1 amide bonds. The molecule has 4 nitrogen and oxygen atoms in total. The van der Waals surface area contributed by atoms with E-state index in [4.69, 9.17) is 4.74 Å². The second kappa shape index (κ2) is 6.95. The summed E-state index contributed by atoms with van der Waals surface area (Å²) in [4.78, 5) is 11.8. The number of carbonyl (C=O) groups is 1. The fourth-order valence-electron chi connectivity index (χ4n) is 2.12. The lowest BCUT2D eigenvalue weighted by molar-refractivity contribution is -0.115. The Morgan fingerprint density at radius 1 is 1.42 bits per heavy atom. The number of amides is 1. The first kappa shape index (κ1) is 13.6. The van der Waals surface area contributed by atoms with E-state index in [1.807, 2.05) is 18.2 Å². The molecule has 0 fully saturated rings. The molecule has 1 aromatic rings. The number of allylic oxidation sites excluding steroid dienone is 1. The lowest BCUT2D eigenvalue weighted by atomic mass is 10.0. The van der Waals surface area contributed by atoms with Crippen molar-refractivity contribution in [2.45, 2.75) is 25.3 Å². The molecule has 0 aliphatic heterocycles. The summed E-state index contributed by atoms with van der Waals surface area (Å²) < 4.78 is 5.12. The van der Waals surface area contributed by atoms with Gasteiger partial charge in [0.05, 0.1) is 13.7 Å². The maximum Gasteiger partial charge on any atom is 0.238 e. The molecule has 1 aliphatic carbocycles. The van der Waals surface area contributed by atoms with Gasteiger partial charge in [-0.25, -0.2) is 0 Å². The van der Waals surface area contributed by atoms with Crippen molar-refractivity contribution in [2.24, 2.45) is 0 Å². The summed E-state index contributed by atoms with van der Waals surface area (Å²) in [6.07, 6.45) is 7.56. The average Bonchev–Trinajstić information content (AvgIpc) is 2.46. The molecular weight excluding hydrogens is 240 g/mol. The smallest absolute Gasteiger partial charge is 0.238 e. The lowest BCUT2D eigenvalue weighted by Crippen LogP contribution is -2.36. The van der Waals surface area contributed by atoms with Crippen molar-refractivity contribution in [1.82, 2.24) is 5.32 Å². The highest BCUT2D eigenvalue weighted by Gasteiger charge is 2.11. The first-order valence-corrected chi connectivity index (χ1v) is 6.60. The second-order valence-electron chi connectivity index (χ2n) is 4.64. The molecule has 0 spiro atoms. The molecule has 19 heavy (non-hydrogen) atoms. The molecule has 0 heterocycles. The monoisotopic (exact) mass is 260 g/mol. The lowest BCUT2D eigenvalue weighted by Gasteiger charge is -2.19. The van der Waals surface area contributed by atoms with Crippen LogP contribution >= 0.6 is 0 Å². The van der Waals surface area contributed by atoms with Crippen LogP contribution < -0.4 is 15.4 Å². The van der Waals surface area contributed by atoms with Gasteiger partial charge in [-0.1, -0.05) is 18.2 Å². The molecule has 2 rings (SSSR count). The van der Waals surface area contributed by atoms with Crippen LogP contribution in [0.2, 0.25) is 0 Å². The van der Waals surface area contributed by atoms with Crippen LogP contribution in [0.4, 0.5) is 5.69 Å². The molecule has 2 N–H and O–H groups in total. The standard InChI is InChI=1S/C15H20N2O2/c1-19-14-9-5-8-13(10-14)17-15(18)11-16-12-6-3-2-4-7-12/h2-3,5,8-10,12,16H,4,6-7,11H2,1H3,(H,17,18). The summed E-state index contributed by atoms with van der Waals surface area (Å²) in [6, 6.07) is 7.78. The summed E-state index contributed by atoms with van der Waals surface area (Å²) in [5.74, 6) is 0.714. The maximum atomic E-state index is 11.8. The number of hydrogen-bond donors (Lipinski definition) is 2. The highest BCUT2D eigenvalue weighted by Crippen LogP contribution is 2.16. The number of carbonyl (C=O) groups excluding carboxylic acids is 1. The van der Waals surface area contributed by atoms with Crippen LogP contribution in [0.1, 0.15) is 19.3 Å². The van der Waals surface area contributed by atoms with Crippen molar-refractivity contribution in [1.29, 1.82) is 0 Å². The van der Waals surface area contributed by atoms with E-state index in [0.717, 1.165) is 30.7 Å². The minimum absolute atomic E-state index is 0.0252. The summed E-state index contributed by atoms with van der Waals surface area (Å²) in [5, 5.41) is 6.13. The number of methoxy groups -OCH3 is 1.